The summed E-state index contributed by atoms with van der Waals surface area (Å²) in [6, 6.07) is 2.95. The third-order valence-electron chi connectivity index (χ3n) is 3.36. The lowest BCUT2D eigenvalue weighted by atomic mass is 10.1. The molecule has 1 aromatic rings. The Balaban J connectivity index is 2.11. The lowest BCUT2D eigenvalue weighted by molar-refractivity contribution is 0.0200. The molecule has 20 heavy (non-hydrogen) atoms. The number of ether oxygens (including phenoxy) is 1. The number of benzene rings is 1. The smallest absolute Gasteiger partial charge is 0.240 e. The van der Waals surface area contributed by atoms with Crippen LogP contribution in [0.3, 0.4) is 0 Å². The molecule has 1 saturated heterocycles. The molecule has 0 aromatic heterocycles. The molecule has 2 rings (SSSR count). The second kappa shape index (κ2) is 6.30. The highest BCUT2D eigenvalue weighted by Crippen LogP contribution is 2.26. The van der Waals surface area contributed by atoms with E-state index in [1.807, 2.05) is 0 Å². The van der Waals surface area contributed by atoms with Crippen molar-refractivity contribution in [1.29, 1.82) is 0 Å². The van der Waals surface area contributed by atoms with Crippen molar-refractivity contribution in [1.82, 2.24) is 4.72 Å². The molecule has 7 heteroatoms. The summed E-state index contributed by atoms with van der Waals surface area (Å²) in [5.74, 6) is 0. The summed E-state index contributed by atoms with van der Waals surface area (Å²) in [6.45, 7) is 2.67. The van der Waals surface area contributed by atoms with Crippen LogP contribution >= 0.6 is 11.6 Å². The van der Waals surface area contributed by atoms with Gasteiger partial charge in [0.05, 0.1) is 21.7 Å². The zero-order valence-electron chi connectivity index (χ0n) is 11.4. The highest BCUT2D eigenvalue weighted by molar-refractivity contribution is 7.89. The van der Waals surface area contributed by atoms with Crippen molar-refractivity contribution in [3.05, 3.63) is 22.7 Å². The fraction of sp³-hybridized carbons (Fsp3) is 0.538. The summed E-state index contributed by atoms with van der Waals surface area (Å²) >= 11 is 5.87. The summed E-state index contributed by atoms with van der Waals surface area (Å²) < 4.78 is 32.7. The molecule has 112 valence electrons. The van der Waals surface area contributed by atoms with Gasteiger partial charge in [0.25, 0.3) is 0 Å². The molecular formula is C13H19ClN2O3S. The molecule has 1 aromatic carbocycles. The Morgan fingerprint density at radius 1 is 1.45 bits per heavy atom. The molecule has 1 fully saturated rings. The van der Waals surface area contributed by atoms with Gasteiger partial charge in [-0.15, -0.1) is 0 Å². The molecule has 0 aliphatic carbocycles. The van der Waals surface area contributed by atoms with Crippen LogP contribution in [0.15, 0.2) is 17.0 Å². The van der Waals surface area contributed by atoms with Gasteiger partial charge in [-0.1, -0.05) is 11.6 Å². The van der Waals surface area contributed by atoms with Crippen LogP contribution in [0.1, 0.15) is 24.8 Å². The zero-order valence-corrected chi connectivity index (χ0v) is 12.9. The maximum Gasteiger partial charge on any atom is 0.240 e. The topological polar surface area (TPSA) is 81.4 Å². The van der Waals surface area contributed by atoms with Crippen LogP contribution in [-0.4, -0.2) is 27.7 Å². The van der Waals surface area contributed by atoms with Gasteiger partial charge in [0.1, 0.15) is 0 Å². The van der Waals surface area contributed by atoms with E-state index >= 15 is 0 Å². The van der Waals surface area contributed by atoms with Crippen molar-refractivity contribution in [2.75, 3.05) is 18.9 Å². The van der Waals surface area contributed by atoms with Gasteiger partial charge in [-0.25, -0.2) is 13.1 Å². The molecule has 0 spiro atoms. The van der Waals surface area contributed by atoms with Gasteiger partial charge in [0.15, 0.2) is 0 Å². The van der Waals surface area contributed by atoms with E-state index in [1.54, 1.807) is 13.0 Å². The van der Waals surface area contributed by atoms with E-state index in [4.69, 9.17) is 22.1 Å². The average Bonchev–Trinajstić information content (AvgIpc) is 2.42. The van der Waals surface area contributed by atoms with E-state index in [1.165, 1.54) is 6.07 Å². The normalized spacial score (nSPS) is 20.0. The quantitative estimate of drug-likeness (QED) is 0.833. The number of hydrogen-bond acceptors (Lipinski definition) is 4. The fourth-order valence-corrected chi connectivity index (χ4v) is 3.75. The first-order valence-electron chi connectivity index (χ1n) is 6.57. The largest absolute Gasteiger partial charge is 0.397 e. The Kier molecular flexibility index (Phi) is 4.90. The number of nitrogens with two attached hydrogens (primary N) is 1. The number of hydrogen-bond donors (Lipinski definition) is 2. The molecule has 0 bridgehead atoms. The maximum atomic E-state index is 12.3. The highest BCUT2D eigenvalue weighted by atomic mass is 35.5. The van der Waals surface area contributed by atoms with E-state index in [2.05, 4.69) is 4.72 Å². The van der Waals surface area contributed by atoms with Crippen LogP contribution in [0.25, 0.3) is 0 Å². The summed E-state index contributed by atoms with van der Waals surface area (Å²) in [5.41, 5.74) is 6.50. The molecule has 1 heterocycles. The monoisotopic (exact) mass is 318 g/mol. The van der Waals surface area contributed by atoms with Crippen LogP contribution in [0.5, 0.6) is 0 Å². The Bertz CT molecular complexity index is 584. The molecule has 1 unspecified atom stereocenters. The third kappa shape index (κ3) is 3.63. The van der Waals surface area contributed by atoms with Gasteiger partial charge in [0, 0.05) is 13.2 Å². The van der Waals surface area contributed by atoms with E-state index in [9.17, 15) is 8.42 Å². The number of nitrogen functional groups attached to an aromatic ring is 1. The molecule has 0 amide bonds. The van der Waals surface area contributed by atoms with E-state index in [-0.39, 0.29) is 23.2 Å². The van der Waals surface area contributed by atoms with Crippen molar-refractivity contribution in [3.8, 4) is 0 Å². The number of aryl methyl sites for hydroxylation is 1. The maximum absolute atomic E-state index is 12.3. The standard InChI is InChI=1S/C13H19ClN2O3S/c1-9-6-11(14)12(15)7-13(9)20(17,18)16-8-10-4-2-3-5-19-10/h6-7,10,16H,2-5,8,15H2,1H3. The van der Waals surface area contributed by atoms with Gasteiger partial charge in [-0.3, -0.25) is 0 Å². The second-order valence-corrected chi connectivity index (χ2v) is 7.12. The summed E-state index contributed by atoms with van der Waals surface area (Å²) in [7, 11) is -3.60. The first-order chi connectivity index (χ1) is 9.40. The Morgan fingerprint density at radius 2 is 2.20 bits per heavy atom. The van der Waals surface area contributed by atoms with E-state index in [0.717, 1.165) is 19.3 Å². The lowest BCUT2D eigenvalue weighted by Gasteiger charge is -2.23. The minimum Gasteiger partial charge on any atom is -0.397 e. The van der Waals surface area contributed by atoms with Gasteiger partial charge in [-0.2, -0.15) is 0 Å². The number of nitrogens with one attached hydrogen (secondary N) is 1. The van der Waals surface area contributed by atoms with Crippen LogP contribution in [0, 0.1) is 6.92 Å². The first-order valence-corrected chi connectivity index (χ1v) is 8.43. The Hall–Kier alpha value is -0.820. The van der Waals surface area contributed by atoms with E-state index < -0.39 is 10.0 Å². The first kappa shape index (κ1) is 15.6. The van der Waals surface area contributed by atoms with Crippen molar-refractivity contribution in [2.24, 2.45) is 0 Å². The van der Waals surface area contributed by atoms with Crippen molar-refractivity contribution < 1.29 is 13.2 Å². The Morgan fingerprint density at radius 3 is 2.85 bits per heavy atom. The second-order valence-electron chi connectivity index (χ2n) is 4.98. The van der Waals surface area contributed by atoms with Gasteiger partial charge in [-0.05, 0) is 43.9 Å². The predicted octanol–water partition coefficient (Wildman–Crippen LogP) is 2.08. The molecule has 1 atom stereocenters. The van der Waals surface area contributed by atoms with Crippen molar-refractivity contribution in [2.45, 2.75) is 37.2 Å². The van der Waals surface area contributed by atoms with Gasteiger partial charge >= 0.3 is 0 Å². The average molecular weight is 319 g/mol. The third-order valence-corrected chi connectivity index (χ3v) is 5.25. The summed E-state index contributed by atoms with van der Waals surface area (Å²) in [4.78, 5) is 0.162. The Labute approximate surface area is 124 Å². The highest BCUT2D eigenvalue weighted by Gasteiger charge is 2.21. The van der Waals surface area contributed by atoms with Crippen LogP contribution in [-0.2, 0) is 14.8 Å². The SMILES string of the molecule is Cc1cc(Cl)c(N)cc1S(=O)(=O)NCC1CCCCO1. The van der Waals surface area contributed by atoms with Crippen molar-refractivity contribution >= 4 is 27.3 Å². The van der Waals surface area contributed by atoms with Crippen LogP contribution in [0.4, 0.5) is 5.69 Å². The number of anilines is 1. The number of halogens is 1. The van der Waals surface area contributed by atoms with Gasteiger partial charge in [0.2, 0.25) is 10.0 Å². The molecule has 0 saturated carbocycles. The fourth-order valence-electron chi connectivity index (χ4n) is 2.21. The molecule has 1 aliphatic rings. The van der Waals surface area contributed by atoms with Crippen LogP contribution in [0.2, 0.25) is 5.02 Å². The van der Waals surface area contributed by atoms with Crippen molar-refractivity contribution in [3.63, 3.8) is 0 Å². The number of sulfonamides is 1. The molecule has 1 aliphatic heterocycles. The molecule has 0 radical (unpaired) electrons. The minimum absolute atomic E-state index is 0.0523. The molecule has 3 N–H and O–H groups in total. The zero-order chi connectivity index (χ0) is 14.8. The number of rotatable bonds is 4. The molecular weight excluding hydrogens is 300 g/mol. The van der Waals surface area contributed by atoms with E-state index in [0.29, 0.717) is 17.2 Å². The summed E-state index contributed by atoms with van der Waals surface area (Å²) in [6.07, 6.45) is 2.93. The molecule has 5 nitrogen and oxygen atoms in total. The van der Waals surface area contributed by atoms with Gasteiger partial charge < -0.3 is 10.5 Å². The predicted molar refractivity (Wildman–Crippen MR) is 79.4 cm³/mol. The van der Waals surface area contributed by atoms with Crippen LogP contribution < -0.4 is 10.5 Å². The minimum atomic E-state index is -3.60. The lowest BCUT2D eigenvalue weighted by Crippen LogP contribution is -2.35. The summed E-state index contributed by atoms with van der Waals surface area (Å²) in [5, 5.41) is 0.358.